The second-order valence-electron chi connectivity index (χ2n) is 2.65. The van der Waals surface area contributed by atoms with Crippen molar-refractivity contribution in [3.63, 3.8) is 0 Å². The highest BCUT2D eigenvalue weighted by atomic mass is 13.9. The van der Waals surface area contributed by atoms with Crippen LogP contribution >= 0.6 is 0 Å². The molecule has 0 saturated heterocycles. The maximum Gasteiger partial charge on any atom is -0.0348 e. The third-order valence-corrected chi connectivity index (χ3v) is 1.59. The fourth-order valence-electron chi connectivity index (χ4n) is 0.947. The van der Waals surface area contributed by atoms with Crippen LogP contribution in [0.5, 0.6) is 0 Å². The SMILES string of the molecule is C=CC=CCCCC[CH]CC. The molecular weight excluding hydrogens is 132 g/mol. The zero-order valence-corrected chi connectivity index (χ0v) is 7.55. The van der Waals surface area contributed by atoms with Gasteiger partial charge in [0.2, 0.25) is 0 Å². The van der Waals surface area contributed by atoms with Crippen molar-refractivity contribution in [2.45, 2.75) is 39.0 Å². The molecule has 0 spiro atoms. The molecule has 0 nitrogen and oxygen atoms in total. The summed E-state index contributed by atoms with van der Waals surface area (Å²) < 4.78 is 0. The van der Waals surface area contributed by atoms with Crippen LogP contribution in [-0.4, -0.2) is 0 Å². The number of unbranched alkanes of at least 4 members (excludes halogenated alkanes) is 5. The van der Waals surface area contributed by atoms with Crippen molar-refractivity contribution >= 4 is 0 Å². The van der Waals surface area contributed by atoms with E-state index in [0.29, 0.717) is 0 Å². The molecule has 0 aromatic heterocycles. The lowest BCUT2D eigenvalue weighted by Crippen LogP contribution is -1.76. The molecule has 0 heteroatoms. The van der Waals surface area contributed by atoms with E-state index < -0.39 is 0 Å². The van der Waals surface area contributed by atoms with Gasteiger partial charge in [0, 0.05) is 0 Å². The average Bonchev–Trinajstić information content (AvgIpc) is 2.03. The van der Waals surface area contributed by atoms with Gasteiger partial charge in [0.1, 0.15) is 0 Å². The lowest BCUT2D eigenvalue weighted by molar-refractivity contribution is 0.724. The zero-order chi connectivity index (χ0) is 8.36. The van der Waals surface area contributed by atoms with Gasteiger partial charge in [0.05, 0.1) is 0 Å². The zero-order valence-electron chi connectivity index (χ0n) is 7.55. The molecule has 0 saturated carbocycles. The van der Waals surface area contributed by atoms with Gasteiger partial charge in [-0.2, -0.15) is 0 Å². The van der Waals surface area contributed by atoms with Crippen molar-refractivity contribution in [3.8, 4) is 0 Å². The second-order valence-corrected chi connectivity index (χ2v) is 2.65. The first kappa shape index (κ1) is 10.5. The number of hydrogen-bond acceptors (Lipinski definition) is 0. The molecule has 0 aliphatic heterocycles. The first-order valence-electron chi connectivity index (χ1n) is 4.51. The summed E-state index contributed by atoms with van der Waals surface area (Å²) in [4.78, 5) is 0. The lowest BCUT2D eigenvalue weighted by atomic mass is 10.1. The van der Waals surface area contributed by atoms with E-state index in [1.165, 1.54) is 32.1 Å². The molecule has 1 radical (unpaired) electrons. The van der Waals surface area contributed by atoms with Crippen molar-refractivity contribution in [1.29, 1.82) is 0 Å². The van der Waals surface area contributed by atoms with E-state index in [1.807, 2.05) is 12.2 Å². The second kappa shape index (κ2) is 9.48. The monoisotopic (exact) mass is 151 g/mol. The van der Waals surface area contributed by atoms with Crippen molar-refractivity contribution in [2.75, 3.05) is 0 Å². The quantitative estimate of drug-likeness (QED) is 0.382. The summed E-state index contributed by atoms with van der Waals surface area (Å²) in [5, 5.41) is 0. The molecule has 0 bridgehead atoms. The van der Waals surface area contributed by atoms with Gasteiger partial charge in [-0.1, -0.05) is 51.0 Å². The highest BCUT2D eigenvalue weighted by Gasteiger charge is 1.85. The van der Waals surface area contributed by atoms with Crippen molar-refractivity contribution in [2.24, 2.45) is 0 Å². The molecule has 0 unspecified atom stereocenters. The van der Waals surface area contributed by atoms with Crippen LogP contribution < -0.4 is 0 Å². The summed E-state index contributed by atoms with van der Waals surface area (Å²) in [6.45, 7) is 5.81. The minimum Gasteiger partial charge on any atom is -0.0991 e. The standard InChI is InChI=1S/C11H19/c1-3-5-7-9-11-10-8-6-4-2/h3,5-7H,1,4,8-11H2,2H3. The predicted octanol–water partition coefficient (Wildman–Crippen LogP) is 3.90. The molecule has 0 N–H and O–H groups in total. The number of allylic oxidation sites excluding steroid dienone is 3. The Morgan fingerprint density at radius 3 is 2.55 bits per heavy atom. The van der Waals surface area contributed by atoms with Crippen LogP contribution in [-0.2, 0) is 0 Å². The van der Waals surface area contributed by atoms with Crippen LogP contribution in [0.4, 0.5) is 0 Å². The van der Waals surface area contributed by atoms with Crippen LogP contribution in [0.1, 0.15) is 39.0 Å². The van der Waals surface area contributed by atoms with E-state index in [-0.39, 0.29) is 0 Å². The van der Waals surface area contributed by atoms with Crippen LogP contribution in [0.25, 0.3) is 0 Å². The van der Waals surface area contributed by atoms with Crippen LogP contribution in [0.2, 0.25) is 0 Å². The average molecular weight is 151 g/mol. The number of rotatable bonds is 7. The Kier molecular flexibility index (Phi) is 9.03. The summed E-state index contributed by atoms with van der Waals surface area (Å²) in [6.07, 6.45) is 14.7. The molecule has 0 aromatic carbocycles. The molecule has 0 aliphatic carbocycles. The highest BCUT2D eigenvalue weighted by Crippen LogP contribution is 2.04. The number of hydrogen-bond donors (Lipinski definition) is 0. The molecule has 0 amide bonds. The van der Waals surface area contributed by atoms with Gasteiger partial charge in [-0.25, -0.2) is 0 Å². The molecular formula is C11H19. The van der Waals surface area contributed by atoms with Crippen LogP contribution in [0.15, 0.2) is 24.8 Å². The normalized spacial score (nSPS) is 10.6. The third kappa shape index (κ3) is 9.48. The summed E-state index contributed by atoms with van der Waals surface area (Å²) >= 11 is 0. The summed E-state index contributed by atoms with van der Waals surface area (Å²) in [5.41, 5.74) is 0. The lowest BCUT2D eigenvalue weighted by Gasteiger charge is -1.94. The topological polar surface area (TPSA) is 0 Å². The van der Waals surface area contributed by atoms with E-state index in [1.54, 1.807) is 0 Å². The Morgan fingerprint density at radius 2 is 1.91 bits per heavy atom. The molecule has 0 fully saturated rings. The van der Waals surface area contributed by atoms with E-state index >= 15 is 0 Å². The predicted molar refractivity (Wildman–Crippen MR) is 52.4 cm³/mol. The summed E-state index contributed by atoms with van der Waals surface area (Å²) in [6, 6.07) is 0. The van der Waals surface area contributed by atoms with E-state index in [2.05, 4.69) is 26.0 Å². The fraction of sp³-hybridized carbons (Fsp3) is 0.545. The van der Waals surface area contributed by atoms with Crippen molar-refractivity contribution < 1.29 is 0 Å². The van der Waals surface area contributed by atoms with Gasteiger partial charge in [0.15, 0.2) is 0 Å². The smallest absolute Gasteiger partial charge is 0.0348 e. The van der Waals surface area contributed by atoms with Crippen molar-refractivity contribution in [3.05, 3.63) is 31.2 Å². The van der Waals surface area contributed by atoms with Gasteiger partial charge in [-0.3, -0.25) is 0 Å². The van der Waals surface area contributed by atoms with E-state index in [0.717, 1.165) is 0 Å². The fourth-order valence-corrected chi connectivity index (χ4v) is 0.947. The Hall–Kier alpha value is -0.520. The Balaban J connectivity index is 2.90. The highest BCUT2D eigenvalue weighted by molar-refractivity contribution is 4.96. The van der Waals surface area contributed by atoms with Gasteiger partial charge >= 0.3 is 0 Å². The summed E-state index contributed by atoms with van der Waals surface area (Å²) in [5.74, 6) is 0. The maximum absolute atomic E-state index is 3.61. The van der Waals surface area contributed by atoms with Gasteiger partial charge < -0.3 is 0 Å². The Bertz CT molecular complexity index is 101. The molecule has 0 aromatic rings. The summed E-state index contributed by atoms with van der Waals surface area (Å²) in [7, 11) is 0. The van der Waals surface area contributed by atoms with Crippen molar-refractivity contribution in [1.82, 2.24) is 0 Å². The van der Waals surface area contributed by atoms with E-state index in [9.17, 15) is 0 Å². The molecule has 0 heterocycles. The van der Waals surface area contributed by atoms with Crippen LogP contribution in [0.3, 0.4) is 0 Å². The third-order valence-electron chi connectivity index (χ3n) is 1.59. The Labute approximate surface area is 71.0 Å². The van der Waals surface area contributed by atoms with Gasteiger partial charge in [0.25, 0.3) is 0 Å². The van der Waals surface area contributed by atoms with E-state index in [4.69, 9.17) is 0 Å². The molecule has 0 aliphatic rings. The minimum absolute atomic E-state index is 1.20. The molecule has 0 rings (SSSR count). The van der Waals surface area contributed by atoms with Gasteiger partial charge in [-0.05, 0) is 19.3 Å². The first-order chi connectivity index (χ1) is 5.41. The molecule has 63 valence electrons. The molecule has 0 atom stereocenters. The van der Waals surface area contributed by atoms with Gasteiger partial charge in [-0.15, -0.1) is 0 Å². The largest absolute Gasteiger partial charge is 0.0991 e. The first-order valence-corrected chi connectivity index (χ1v) is 4.51. The van der Waals surface area contributed by atoms with Crippen LogP contribution in [0, 0.1) is 6.42 Å². The Morgan fingerprint density at radius 1 is 1.18 bits per heavy atom. The molecule has 11 heavy (non-hydrogen) atoms. The minimum atomic E-state index is 1.20. The maximum atomic E-state index is 3.61.